The third-order valence-electron chi connectivity index (χ3n) is 2.41. The van der Waals surface area contributed by atoms with Gasteiger partial charge >= 0.3 is 5.69 Å². The van der Waals surface area contributed by atoms with Crippen LogP contribution in [0.4, 0.5) is 11.4 Å². The summed E-state index contributed by atoms with van der Waals surface area (Å²) in [5, 5.41) is 14.1. The molecule has 0 radical (unpaired) electrons. The largest absolute Gasteiger partial charge is 0.489 e. The Balaban J connectivity index is 2.45. The zero-order chi connectivity index (χ0) is 11.7. The Hall–Kier alpha value is -1.30. The van der Waals surface area contributed by atoms with Gasteiger partial charge in [-0.1, -0.05) is 0 Å². The Bertz CT molecular complexity index is 432. The maximum atomic E-state index is 11.0. The summed E-state index contributed by atoms with van der Waals surface area (Å²) in [4.78, 5) is 10.6. The van der Waals surface area contributed by atoms with Crippen LogP contribution in [-0.2, 0) is 0 Å². The molecule has 2 rings (SSSR count). The van der Waals surface area contributed by atoms with Crippen molar-refractivity contribution in [3.05, 3.63) is 26.7 Å². The minimum Gasteiger partial charge on any atom is -0.489 e. The second kappa shape index (κ2) is 4.29. The lowest BCUT2D eigenvalue weighted by atomic mass is 10.2. The molecule has 86 valence electrons. The summed E-state index contributed by atoms with van der Waals surface area (Å²) in [7, 11) is 1.42. The van der Waals surface area contributed by atoms with Gasteiger partial charge in [-0.3, -0.25) is 10.1 Å². The molecule has 0 heterocycles. The van der Waals surface area contributed by atoms with Gasteiger partial charge in [-0.05, 0) is 40.9 Å². The summed E-state index contributed by atoms with van der Waals surface area (Å²) in [5.74, 6) is 0.260. The van der Waals surface area contributed by atoms with Crippen LogP contribution in [0.5, 0.6) is 5.75 Å². The van der Waals surface area contributed by atoms with Gasteiger partial charge in [0.15, 0.2) is 0 Å². The van der Waals surface area contributed by atoms with Gasteiger partial charge in [0.1, 0.15) is 5.69 Å². The quantitative estimate of drug-likeness (QED) is 0.683. The van der Waals surface area contributed by atoms with Crippen LogP contribution < -0.4 is 10.1 Å². The maximum absolute atomic E-state index is 11.0. The van der Waals surface area contributed by atoms with Crippen LogP contribution in [0.1, 0.15) is 12.8 Å². The Morgan fingerprint density at radius 1 is 1.56 bits per heavy atom. The first-order chi connectivity index (χ1) is 7.63. The van der Waals surface area contributed by atoms with Crippen molar-refractivity contribution in [3.63, 3.8) is 0 Å². The monoisotopic (exact) mass is 286 g/mol. The van der Waals surface area contributed by atoms with E-state index in [9.17, 15) is 10.1 Å². The smallest absolute Gasteiger partial charge is 0.334 e. The highest BCUT2D eigenvalue weighted by Crippen LogP contribution is 2.42. The molecule has 1 aliphatic rings. The molecule has 1 aromatic carbocycles. The summed E-state index contributed by atoms with van der Waals surface area (Å²) in [6.45, 7) is 0. The van der Waals surface area contributed by atoms with E-state index in [4.69, 9.17) is 4.74 Å². The first kappa shape index (κ1) is 11.2. The molecule has 1 aliphatic carbocycles. The molecule has 0 bridgehead atoms. The van der Waals surface area contributed by atoms with Crippen molar-refractivity contribution in [2.75, 3.05) is 12.4 Å². The van der Waals surface area contributed by atoms with Gasteiger partial charge in [0.25, 0.3) is 0 Å². The molecule has 5 nitrogen and oxygen atoms in total. The number of nitro groups is 1. The van der Waals surface area contributed by atoms with E-state index < -0.39 is 4.92 Å². The number of methoxy groups -OCH3 is 1. The Morgan fingerprint density at radius 2 is 2.25 bits per heavy atom. The highest BCUT2D eigenvalue weighted by atomic mass is 79.9. The number of benzene rings is 1. The third kappa shape index (κ3) is 2.11. The molecule has 0 aliphatic heterocycles. The number of nitro benzene ring substituents is 1. The van der Waals surface area contributed by atoms with Crippen LogP contribution in [-0.4, -0.2) is 18.1 Å². The highest BCUT2D eigenvalue weighted by Gasteiger charge is 2.28. The third-order valence-corrected chi connectivity index (χ3v) is 3.03. The minimum absolute atomic E-state index is 0.0104. The minimum atomic E-state index is -0.422. The zero-order valence-electron chi connectivity index (χ0n) is 8.70. The van der Waals surface area contributed by atoms with Gasteiger partial charge in [0.05, 0.1) is 16.5 Å². The van der Waals surface area contributed by atoms with Crippen LogP contribution in [0.2, 0.25) is 0 Å². The summed E-state index contributed by atoms with van der Waals surface area (Å²) < 4.78 is 5.64. The lowest BCUT2D eigenvalue weighted by molar-refractivity contribution is -0.384. The molecule has 0 saturated heterocycles. The van der Waals surface area contributed by atoms with Gasteiger partial charge in [-0.15, -0.1) is 0 Å². The number of rotatable bonds is 4. The number of hydrogen-bond acceptors (Lipinski definition) is 4. The fourth-order valence-corrected chi connectivity index (χ4v) is 1.97. The van der Waals surface area contributed by atoms with Crippen molar-refractivity contribution < 1.29 is 9.66 Å². The average molecular weight is 287 g/mol. The summed E-state index contributed by atoms with van der Waals surface area (Å²) in [6, 6.07) is 3.81. The van der Waals surface area contributed by atoms with Crippen molar-refractivity contribution in [2.24, 2.45) is 0 Å². The maximum Gasteiger partial charge on any atom is 0.334 e. The average Bonchev–Trinajstić information content (AvgIpc) is 3.03. The van der Waals surface area contributed by atoms with E-state index >= 15 is 0 Å². The second-order valence-corrected chi connectivity index (χ2v) is 4.51. The molecular weight excluding hydrogens is 276 g/mol. The van der Waals surface area contributed by atoms with Crippen molar-refractivity contribution in [1.29, 1.82) is 0 Å². The number of hydrogen-bond donors (Lipinski definition) is 1. The summed E-state index contributed by atoms with van der Waals surface area (Å²) in [6.07, 6.45) is 2.13. The van der Waals surface area contributed by atoms with Crippen LogP contribution in [0.3, 0.4) is 0 Å². The zero-order valence-corrected chi connectivity index (χ0v) is 10.3. The number of nitrogens with one attached hydrogen (secondary N) is 1. The lowest BCUT2D eigenvalue weighted by Crippen LogP contribution is -2.05. The van der Waals surface area contributed by atoms with Crippen LogP contribution in [0, 0.1) is 10.1 Å². The van der Waals surface area contributed by atoms with E-state index in [2.05, 4.69) is 21.2 Å². The SMILES string of the molecule is COc1c(Br)ccc(NC2CC2)c1[N+](=O)[O-]. The fourth-order valence-electron chi connectivity index (χ4n) is 1.49. The molecular formula is C10H11BrN2O3. The summed E-state index contributed by atoms with van der Waals surface area (Å²) in [5.41, 5.74) is 0.510. The molecule has 1 saturated carbocycles. The van der Waals surface area contributed by atoms with Crippen molar-refractivity contribution in [2.45, 2.75) is 18.9 Å². The molecule has 1 aromatic rings. The molecule has 0 amide bonds. The van der Waals surface area contributed by atoms with Crippen molar-refractivity contribution >= 4 is 27.3 Å². The number of nitrogens with zero attached hydrogens (tertiary/aromatic N) is 1. The van der Waals surface area contributed by atoms with E-state index in [-0.39, 0.29) is 11.4 Å². The summed E-state index contributed by atoms with van der Waals surface area (Å²) >= 11 is 3.23. The molecule has 0 aromatic heterocycles. The van der Waals surface area contributed by atoms with Gasteiger partial charge in [-0.2, -0.15) is 0 Å². The molecule has 0 spiro atoms. The van der Waals surface area contributed by atoms with E-state index in [0.29, 0.717) is 16.2 Å². The fraction of sp³-hybridized carbons (Fsp3) is 0.400. The first-order valence-corrected chi connectivity index (χ1v) is 5.70. The van der Waals surface area contributed by atoms with Gasteiger partial charge in [0, 0.05) is 6.04 Å². The van der Waals surface area contributed by atoms with Crippen molar-refractivity contribution in [3.8, 4) is 5.75 Å². The topological polar surface area (TPSA) is 64.4 Å². The highest BCUT2D eigenvalue weighted by molar-refractivity contribution is 9.10. The van der Waals surface area contributed by atoms with Crippen LogP contribution in [0.15, 0.2) is 16.6 Å². The number of ether oxygens (including phenoxy) is 1. The second-order valence-electron chi connectivity index (χ2n) is 3.65. The van der Waals surface area contributed by atoms with Crippen LogP contribution >= 0.6 is 15.9 Å². The normalized spacial score (nSPS) is 14.6. The van der Waals surface area contributed by atoms with Gasteiger partial charge < -0.3 is 10.1 Å². The molecule has 6 heteroatoms. The standard InChI is InChI=1S/C10H11BrN2O3/c1-16-10-7(11)4-5-8(9(10)13(14)15)12-6-2-3-6/h4-6,12H,2-3H2,1H3. The molecule has 1 N–H and O–H groups in total. The Labute approximate surface area is 101 Å². The lowest BCUT2D eigenvalue weighted by Gasteiger charge is -2.10. The van der Waals surface area contributed by atoms with E-state index in [1.54, 1.807) is 12.1 Å². The van der Waals surface area contributed by atoms with E-state index in [1.165, 1.54) is 7.11 Å². The number of anilines is 1. The van der Waals surface area contributed by atoms with Crippen molar-refractivity contribution in [1.82, 2.24) is 0 Å². The van der Waals surface area contributed by atoms with Gasteiger partial charge in [-0.25, -0.2) is 0 Å². The first-order valence-electron chi connectivity index (χ1n) is 4.91. The Morgan fingerprint density at radius 3 is 2.75 bits per heavy atom. The Kier molecular flexibility index (Phi) is 3.00. The molecule has 1 fully saturated rings. The molecule has 0 unspecified atom stereocenters. The predicted molar refractivity (Wildman–Crippen MR) is 64.0 cm³/mol. The number of halogens is 1. The van der Waals surface area contributed by atoms with Crippen LogP contribution in [0.25, 0.3) is 0 Å². The molecule has 16 heavy (non-hydrogen) atoms. The van der Waals surface area contributed by atoms with E-state index in [0.717, 1.165) is 12.8 Å². The molecule has 0 atom stereocenters. The van der Waals surface area contributed by atoms with E-state index in [1.807, 2.05) is 0 Å². The van der Waals surface area contributed by atoms with Gasteiger partial charge in [0.2, 0.25) is 5.75 Å². The predicted octanol–water partition coefficient (Wildman–Crippen LogP) is 2.94.